The molecular formula is C22H28N2O4. The fourth-order valence-corrected chi connectivity index (χ4v) is 3.11. The number of ether oxygens (including phenoxy) is 2. The summed E-state index contributed by atoms with van der Waals surface area (Å²) in [4.78, 5) is 26.6. The van der Waals surface area contributed by atoms with Crippen molar-refractivity contribution in [3.8, 4) is 11.5 Å². The second kappa shape index (κ2) is 9.78. The van der Waals surface area contributed by atoms with Gasteiger partial charge in [-0.05, 0) is 29.7 Å². The molecule has 2 amide bonds. The summed E-state index contributed by atoms with van der Waals surface area (Å²) in [5, 5.41) is 2.86. The Balaban J connectivity index is 2.15. The minimum atomic E-state index is -0.310. The van der Waals surface area contributed by atoms with Gasteiger partial charge in [-0.1, -0.05) is 38.1 Å². The van der Waals surface area contributed by atoms with Crippen molar-refractivity contribution in [2.75, 3.05) is 32.2 Å². The molecule has 2 aromatic carbocycles. The predicted molar refractivity (Wildman–Crippen MR) is 110 cm³/mol. The standard InChI is InChI=1S/C22H28N2O4/c1-15(2)17-9-6-7-10-18(17)24(16(3)25)14-13-23-22(26)21-19(27-4)11-8-12-20(21)28-5/h6-12,15H,13-14H2,1-5H3,(H,23,26). The number of nitrogens with one attached hydrogen (secondary N) is 1. The van der Waals surface area contributed by atoms with Crippen LogP contribution in [-0.2, 0) is 4.79 Å². The average Bonchev–Trinajstić information content (AvgIpc) is 2.69. The van der Waals surface area contributed by atoms with Crippen molar-refractivity contribution in [2.45, 2.75) is 26.7 Å². The van der Waals surface area contributed by atoms with Crippen LogP contribution >= 0.6 is 0 Å². The third kappa shape index (κ3) is 4.82. The lowest BCUT2D eigenvalue weighted by atomic mass is 10.0. The quantitative estimate of drug-likeness (QED) is 0.755. The minimum absolute atomic E-state index is 0.0720. The molecule has 0 unspecified atom stereocenters. The molecule has 0 heterocycles. The summed E-state index contributed by atoms with van der Waals surface area (Å²) in [5.41, 5.74) is 2.30. The van der Waals surface area contributed by atoms with E-state index in [1.165, 1.54) is 21.1 Å². The third-order valence-electron chi connectivity index (χ3n) is 4.51. The van der Waals surface area contributed by atoms with E-state index in [1.807, 2.05) is 24.3 Å². The Morgan fingerprint density at radius 2 is 1.61 bits per heavy atom. The van der Waals surface area contributed by atoms with Gasteiger partial charge in [0.05, 0.1) is 14.2 Å². The first kappa shape index (κ1) is 21.3. The average molecular weight is 384 g/mol. The van der Waals surface area contributed by atoms with Gasteiger partial charge < -0.3 is 19.7 Å². The van der Waals surface area contributed by atoms with Gasteiger partial charge in [-0.25, -0.2) is 0 Å². The highest BCUT2D eigenvalue weighted by Crippen LogP contribution is 2.29. The Morgan fingerprint density at radius 1 is 1.00 bits per heavy atom. The lowest BCUT2D eigenvalue weighted by Gasteiger charge is -2.25. The topological polar surface area (TPSA) is 67.9 Å². The highest BCUT2D eigenvalue weighted by molar-refractivity contribution is 6.00. The number of anilines is 1. The summed E-state index contributed by atoms with van der Waals surface area (Å²) in [7, 11) is 3.01. The zero-order valence-corrected chi connectivity index (χ0v) is 17.1. The second-order valence-corrected chi connectivity index (χ2v) is 6.68. The van der Waals surface area contributed by atoms with Gasteiger partial charge in [-0.2, -0.15) is 0 Å². The molecule has 1 N–H and O–H groups in total. The van der Waals surface area contributed by atoms with Gasteiger partial charge in [0.1, 0.15) is 17.1 Å². The third-order valence-corrected chi connectivity index (χ3v) is 4.51. The smallest absolute Gasteiger partial charge is 0.258 e. The number of carbonyl (C=O) groups excluding carboxylic acids is 2. The molecule has 0 aromatic heterocycles. The molecule has 0 radical (unpaired) electrons. The van der Waals surface area contributed by atoms with Crippen LogP contribution in [0, 0.1) is 0 Å². The number of hydrogen-bond acceptors (Lipinski definition) is 4. The van der Waals surface area contributed by atoms with Crippen LogP contribution in [0.15, 0.2) is 42.5 Å². The van der Waals surface area contributed by atoms with Gasteiger partial charge >= 0.3 is 0 Å². The van der Waals surface area contributed by atoms with E-state index in [4.69, 9.17) is 9.47 Å². The summed E-state index contributed by atoms with van der Waals surface area (Å²) in [6, 6.07) is 13.0. The Labute approximate surface area is 166 Å². The highest BCUT2D eigenvalue weighted by Gasteiger charge is 2.20. The van der Waals surface area contributed by atoms with Crippen molar-refractivity contribution in [3.05, 3.63) is 53.6 Å². The number of nitrogens with zero attached hydrogens (tertiary/aromatic N) is 1. The summed E-state index contributed by atoms with van der Waals surface area (Å²) in [5.74, 6) is 0.772. The largest absolute Gasteiger partial charge is 0.496 e. The van der Waals surface area contributed by atoms with Crippen LogP contribution in [-0.4, -0.2) is 39.1 Å². The van der Waals surface area contributed by atoms with Crippen molar-refractivity contribution in [1.82, 2.24) is 5.32 Å². The fourth-order valence-electron chi connectivity index (χ4n) is 3.11. The zero-order valence-electron chi connectivity index (χ0n) is 17.1. The predicted octanol–water partition coefficient (Wildman–Crippen LogP) is 3.61. The summed E-state index contributed by atoms with van der Waals surface area (Å²) in [6.45, 7) is 6.37. The molecule has 28 heavy (non-hydrogen) atoms. The monoisotopic (exact) mass is 384 g/mol. The van der Waals surface area contributed by atoms with Crippen LogP contribution in [0.25, 0.3) is 0 Å². The first-order chi connectivity index (χ1) is 13.4. The molecule has 2 rings (SSSR count). The Hall–Kier alpha value is -3.02. The van der Waals surface area contributed by atoms with E-state index in [9.17, 15) is 9.59 Å². The molecule has 0 saturated carbocycles. The van der Waals surface area contributed by atoms with Gasteiger partial charge in [0.25, 0.3) is 5.91 Å². The normalized spacial score (nSPS) is 10.5. The van der Waals surface area contributed by atoms with Gasteiger partial charge in [-0.15, -0.1) is 0 Å². The molecule has 0 spiro atoms. The van der Waals surface area contributed by atoms with Crippen molar-refractivity contribution < 1.29 is 19.1 Å². The van der Waals surface area contributed by atoms with Crippen LogP contribution in [0.2, 0.25) is 0 Å². The maximum Gasteiger partial charge on any atom is 0.258 e. The molecule has 6 heteroatoms. The number of para-hydroxylation sites is 1. The maximum absolute atomic E-state index is 12.7. The lowest BCUT2D eigenvalue weighted by Crippen LogP contribution is -2.38. The summed E-state index contributed by atoms with van der Waals surface area (Å²) in [6.07, 6.45) is 0. The Morgan fingerprint density at radius 3 is 2.14 bits per heavy atom. The van der Waals surface area contributed by atoms with E-state index in [1.54, 1.807) is 23.1 Å². The first-order valence-electron chi connectivity index (χ1n) is 9.26. The van der Waals surface area contributed by atoms with Crippen LogP contribution in [0.5, 0.6) is 11.5 Å². The molecule has 0 bridgehead atoms. The SMILES string of the molecule is COc1cccc(OC)c1C(=O)NCCN(C(C)=O)c1ccccc1C(C)C. The lowest BCUT2D eigenvalue weighted by molar-refractivity contribution is -0.116. The molecule has 0 saturated heterocycles. The Bertz CT molecular complexity index is 811. The molecule has 0 atom stereocenters. The second-order valence-electron chi connectivity index (χ2n) is 6.68. The van der Waals surface area contributed by atoms with Crippen LogP contribution in [0.3, 0.4) is 0 Å². The van der Waals surface area contributed by atoms with Crippen LogP contribution in [0.4, 0.5) is 5.69 Å². The molecule has 0 aliphatic carbocycles. The van der Waals surface area contributed by atoms with Crippen molar-refractivity contribution in [2.24, 2.45) is 0 Å². The van der Waals surface area contributed by atoms with E-state index in [-0.39, 0.29) is 17.7 Å². The van der Waals surface area contributed by atoms with Crippen LogP contribution in [0.1, 0.15) is 42.6 Å². The van der Waals surface area contributed by atoms with E-state index in [0.29, 0.717) is 30.2 Å². The van der Waals surface area contributed by atoms with Crippen LogP contribution < -0.4 is 19.7 Å². The number of carbonyl (C=O) groups is 2. The van der Waals surface area contributed by atoms with Gasteiger partial charge in [-0.3, -0.25) is 9.59 Å². The first-order valence-corrected chi connectivity index (χ1v) is 9.26. The Kier molecular flexibility index (Phi) is 7.44. The van der Waals surface area contributed by atoms with Gasteiger partial charge in [0.15, 0.2) is 0 Å². The van der Waals surface area contributed by atoms with Gasteiger partial charge in [0.2, 0.25) is 5.91 Å². The summed E-state index contributed by atoms with van der Waals surface area (Å²) < 4.78 is 10.6. The molecule has 2 aromatic rings. The summed E-state index contributed by atoms with van der Waals surface area (Å²) >= 11 is 0. The minimum Gasteiger partial charge on any atom is -0.496 e. The van der Waals surface area contributed by atoms with E-state index in [2.05, 4.69) is 19.2 Å². The van der Waals surface area contributed by atoms with Crippen molar-refractivity contribution in [1.29, 1.82) is 0 Å². The van der Waals surface area contributed by atoms with Crippen molar-refractivity contribution >= 4 is 17.5 Å². The van der Waals surface area contributed by atoms with Gasteiger partial charge in [0, 0.05) is 25.7 Å². The fraction of sp³-hybridized carbons (Fsp3) is 0.364. The number of benzene rings is 2. The van der Waals surface area contributed by atoms with E-state index < -0.39 is 0 Å². The van der Waals surface area contributed by atoms with E-state index in [0.717, 1.165) is 11.3 Å². The van der Waals surface area contributed by atoms with Crippen molar-refractivity contribution in [3.63, 3.8) is 0 Å². The zero-order chi connectivity index (χ0) is 20.7. The maximum atomic E-state index is 12.7. The number of hydrogen-bond donors (Lipinski definition) is 1. The number of amides is 2. The number of rotatable bonds is 8. The molecule has 150 valence electrons. The molecule has 6 nitrogen and oxygen atoms in total. The number of methoxy groups -OCH3 is 2. The molecule has 0 aliphatic heterocycles. The highest BCUT2D eigenvalue weighted by atomic mass is 16.5. The molecule has 0 aliphatic rings. The molecule has 0 fully saturated rings. The van der Waals surface area contributed by atoms with E-state index >= 15 is 0 Å². The molecular weight excluding hydrogens is 356 g/mol.